The van der Waals surface area contributed by atoms with E-state index >= 15 is 0 Å². The van der Waals surface area contributed by atoms with Crippen molar-refractivity contribution in [2.75, 3.05) is 39.8 Å². The Morgan fingerprint density at radius 3 is 2.31 bits per heavy atom. The zero-order valence-electron chi connectivity index (χ0n) is 26.4. The summed E-state index contributed by atoms with van der Waals surface area (Å²) in [6, 6.07) is 19.7. The topological polar surface area (TPSA) is 126 Å². The summed E-state index contributed by atoms with van der Waals surface area (Å²) in [6.45, 7) is 2.45. The first kappa shape index (κ1) is 33.1. The van der Waals surface area contributed by atoms with E-state index in [2.05, 4.69) is 20.4 Å². The summed E-state index contributed by atoms with van der Waals surface area (Å²) in [5.74, 6) is -0.332. The van der Waals surface area contributed by atoms with Crippen molar-refractivity contribution >= 4 is 11.8 Å². The van der Waals surface area contributed by atoms with Gasteiger partial charge in [0.2, 0.25) is 0 Å². The van der Waals surface area contributed by atoms with Gasteiger partial charge in [0, 0.05) is 18.5 Å². The molecule has 0 radical (unpaired) electrons. The number of tetrazole rings is 1. The van der Waals surface area contributed by atoms with Gasteiger partial charge in [0.15, 0.2) is 0 Å². The van der Waals surface area contributed by atoms with Gasteiger partial charge in [0.05, 0.1) is 29.3 Å². The smallest absolute Gasteiger partial charge is 0.416 e. The molecular weight excluding hydrogens is 627 g/mol. The van der Waals surface area contributed by atoms with E-state index in [0.29, 0.717) is 75.4 Å². The Bertz CT molecular complexity index is 1730. The zero-order chi connectivity index (χ0) is 33.9. The number of aromatic nitrogens is 4. The molecule has 2 fully saturated rings. The number of halogens is 3. The molecule has 3 aromatic carbocycles. The quantitative estimate of drug-likeness (QED) is 0.200. The molecule has 1 unspecified atom stereocenters. The predicted octanol–water partition coefficient (Wildman–Crippen LogP) is 4.40. The van der Waals surface area contributed by atoms with Gasteiger partial charge in [-0.05, 0) is 97.2 Å². The third-order valence-electron chi connectivity index (χ3n) is 9.97. The van der Waals surface area contributed by atoms with Gasteiger partial charge in [-0.3, -0.25) is 14.8 Å². The van der Waals surface area contributed by atoms with Crippen molar-refractivity contribution in [3.8, 4) is 11.4 Å². The van der Waals surface area contributed by atoms with E-state index in [1.54, 1.807) is 23.1 Å². The van der Waals surface area contributed by atoms with Crippen LogP contribution in [-0.2, 0) is 21.8 Å². The number of benzene rings is 3. The predicted molar refractivity (Wildman–Crippen MR) is 168 cm³/mol. The summed E-state index contributed by atoms with van der Waals surface area (Å²) in [6.07, 6.45) is -0.952. The van der Waals surface area contributed by atoms with Gasteiger partial charge in [-0.15, -0.1) is 5.10 Å². The minimum absolute atomic E-state index is 0.267. The lowest BCUT2D eigenvalue weighted by atomic mass is 9.71. The lowest BCUT2D eigenvalue weighted by molar-refractivity contribution is -0.138. The molecule has 6 rings (SSSR count). The molecule has 2 saturated heterocycles. The average Bonchev–Trinajstić information content (AvgIpc) is 3.82. The molecule has 252 valence electrons. The highest BCUT2D eigenvalue weighted by Gasteiger charge is 2.45. The molecule has 11 nitrogen and oxygen atoms in total. The van der Waals surface area contributed by atoms with Gasteiger partial charge in [-0.2, -0.15) is 13.2 Å². The SMILES string of the molecule is COc1ccc(-n2cnnn2)cc1C(=O)N1CCC(CCN2CCC(C(=O)NO)(c3ccccc3)CC2)(c2ccc(C(F)(F)F)cc2)C1. The van der Waals surface area contributed by atoms with E-state index in [9.17, 15) is 28.0 Å². The van der Waals surface area contributed by atoms with Gasteiger partial charge in [-0.1, -0.05) is 42.5 Å². The molecule has 48 heavy (non-hydrogen) atoms. The van der Waals surface area contributed by atoms with Gasteiger partial charge >= 0.3 is 6.18 Å². The Morgan fingerprint density at radius 2 is 1.69 bits per heavy atom. The Kier molecular flexibility index (Phi) is 9.21. The highest BCUT2D eigenvalue weighted by Crippen LogP contribution is 2.42. The number of likely N-dealkylation sites (tertiary alicyclic amines) is 2. The third-order valence-corrected chi connectivity index (χ3v) is 9.97. The maximum absolute atomic E-state index is 14.0. The zero-order valence-corrected chi connectivity index (χ0v) is 26.4. The number of hydrogen-bond acceptors (Lipinski definition) is 8. The minimum atomic E-state index is -4.47. The van der Waals surface area contributed by atoms with Crippen LogP contribution in [0.4, 0.5) is 13.2 Å². The van der Waals surface area contributed by atoms with Crippen molar-refractivity contribution in [1.29, 1.82) is 0 Å². The van der Waals surface area contributed by atoms with Crippen LogP contribution in [0.1, 0.15) is 52.7 Å². The Balaban J connectivity index is 1.24. The largest absolute Gasteiger partial charge is 0.496 e. The number of carbonyl (C=O) groups excluding carboxylic acids is 2. The van der Waals surface area contributed by atoms with Crippen LogP contribution in [-0.4, -0.2) is 86.9 Å². The van der Waals surface area contributed by atoms with Crippen molar-refractivity contribution in [1.82, 2.24) is 35.5 Å². The molecular formula is C34H36F3N7O4. The molecule has 0 spiro atoms. The number of rotatable bonds is 9. The van der Waals surface area contributed by atoms with E-state index in [0.717, 1.165) is 23.3 Å². The number of carbonyl (C=O) groups is 2. The summed E-state index contributed by atoms with van der Waals surface area (Å²) >= 11 is 0. The van der Waals surface area contributed by atoms with Gasteiger partial charge in [0.1, 0.15) is 12.1 Å². The molecule has 14 heteroatoms. The van der Waals surface area contributed by atoms with Crippen molar-refractivity contribution in [3.63, 3.8) is 0 Å². The molecule has 2 aliphatic heterocycles. The highest BCUT2D eigenvalue weighted by molar-refractivity contribution is 5.98. The Labute approximate surface area is 275 Å². The van der Waals surface area contributed by atoms with Crippen LogP contribution < -0.4 is 10.2 Å². The van der Waals surface area contributed by atoms with Crippen LogP contribution in [0, 0.1) is 0 Å². The summed E-state index contributed by atoms with van der Waals surface area (Å²) in [5.41, 5.74) is 2.11. The number of piperidine rings is 1. The van der Waals surface area contributed by atoms with E-state index < -0.39 is 28.5 Å². The van der Waals surface area contributed by atoms with E-state index in [1.165, 1.54) is 30.3 Å². The van der Waals surface area contributed by atoms with Crippen LogP contribution >= 0.6 is 0 Å². The van der Waals surface area contributed by atoms with E-state index in [-0.39, 0.29) is 5.91 Å². The molecule has 3 heterocycles. The van der Waals surface area contributed by atoms with Gasteiger partial charge in [0.25, 0.3) is 11.8 Å². The van der Waals surface area contributed by atoms with Crippen LogP contribution in [0.5, 0.6) is 5.75 Å². The second-order valence-electron chi connectivity index (χ2n) is 12.5. The molecule has 0 bridgehead atoms. The highest BCUT2D eigenvalue weighted by atomic mass is 19.4. The summed E-state index contributed by atoms with van der Waals surface area (Å²) in [5, 5.41) is 20.8. The van der Waals surface area contributed by atoms with E-state index in [4.69, 9.17) is 4.74 Å². The lowest BCUT2D eigenvalue weighted by Crippen LogP contribution is -2.51. The van der Waals surface area contributed by atoms with Crippen molar-refractivity contribution in [2.45, 2.75) is 42.7 Å². The number of hydrogen-bond donors (Lipinski definition) is 2. The Morgan fingerprint density at radius 1 is 0.958 bits per heavy atom. The number of nitrogens with one attached hydrogen (secondary N) is 1. The number of methoxy groups -OCH3 is 1. The van der Waals surface area contributed by atoms with Crippen molar-refractivity contribution in [3.05, 3.63) is 101 Å². The van der Waals surface area contributed by atoms with Gasteiger partial charge in [-0.25, -0.2) is 10.2 Å². The monoisotopic (exact) mass is 663 g/mol. The molecule has 1 aromatic heterocycles. The van der Waals surface area contributed by atoms with Crippen molar-refractivity contribution in [2.24, 2.45) is 0 Å². The fourth-order valence-corrected chi connectivity index (χ4v) is 7.14. The van der Waals surface area contributed by atoms with Crippen LogP contribution in [0.2, 0.25) is 0 Å². The summed E-state index contributed by atoms with van der Waals surface area (Å²) in [7, 11) is 1.48. The normalized spacial score (nSPS) is 19.6. The van der Waals surface area contributed by atoms with Gasteiger partial charge < -0.3 is 14.5 Å². The summed E-state index contributed by atoms with van der Waals surface area (Å²) in [4.78, 5) is 30.9. The van der Waals surface area contributed by atoms with Crippen LogP contribution in [0.15, 0.2) is 79.1 Å². The first-order chi connectivity index (χ1) is 23.1. The maximum Gasteiger partial charge on any atom is 0.416 e. The number of ether oxygens (including phenoxy) is 1. The third kappa shape index (κ3) is 6.37. The molecule has 2 amide bonds. The number of nitrogens with zero attached hydrogens (tertiary/aromatic N) is 6. The number of alkyl halides is 3. The Hall–Kier alpha value is -4.82. The first-order valence-electron chi connectivity index (χ1n) is 15.7. The maximum atomic E-state index is 14.0. The van der Waals surface area contributed by atoms with Crippen LogP contribution in [0.25, 0.3) is 5.69 Å². The second kappa shape index (κ2) is 13.4. The fraction of sp³-hybridized carbons (Fsp3) is 0.382. The average molecular weight is 664 g/mol. The number of amides is 2. The molecule has 4 aromatic rings. The lowest BCUT2D eigenvalue weighted by Gasteiger charge is -2.41. The van der Waals surface area contributed by atoms with E-state index in [1.807, 2.05) is 35.8 Å². The first-order valence-corrected chi connectivity index (χ1v) is 15.7. The van der Waals surface area contributed by atoms with Crippen LogP contribution in [0.3, 0.4) is 0 Å². The number of hydroxylamine groups is 1. The van der Waals surface area contributed by atoms with Crippen molar-refractivity contribution < 1.29 is 32.7 Å². The standard InChI is InChI=1S/C34H36F3N7O4/c1-48-29-12-11-27(44-23-38-40-41-44)21-28(29)30(45)43-20-14-32(22-43,24-7-9-26(10-8-24)34(35,36)37)13-17-42-18-15-33(16-19-42,31(46)39-47)25-5-3-2-4-6-25/h2-12,21,23,47H,13-20,22H2,1H3,(H,39,46). The molecule has 0 saturated carbocycles. The summed E-state index contributed by atoms with van der Waals surface area (Å²) < 4.78 is 47.4. The fourth-order valence-electron chi connectivity index (χ4n) is 7.14. The molecule has 2 N–H and O–H groups in total. The molecule has 2 aliphatic rings. The molecule has 0 aliphatic carbocycles. The minimum Gasteiger partial charge on any atom is -0.496 e. The second-order valence-corrected chi connectivity index (χ2v) is 12.5. The molecule has 1 atom stereocenters.